The molecule has 1 heterocycles. The Morgan fingerprint density at radius 3 is 2.74 bits per heavy atom. The number of hydrogen-bond donors (Lipinski definition) is 0. The van der Waals surface area contributed by atoms with Crippen molar-refractivity contribution >= 4 is 51.1 Å². The van der Waals surface area contributed by atoms with Gasteiger partial charge in [0.25, 0.3) is 5.91 Å². The molecule has 0 aliphatic rings. The lowest BCUT2D eigenvalue weighted by Crippen LogP contribution is -2.22. The van der Waals surface area contributed by atoms with Gasteiger partial charge in [-0.1, -0.05) is 53.3 Å². The van der Waals surface area contributed by atoms with Gasteiger partial charge in [-0.2, -0.15) is 4.99 Å². The van der Waals surface area contributed by atoms with Crippen molar-refractivity contribution in [3.05, 3.63) is 70.0 Å². The van der Waals surface area contributed by atoms with E-state index in [9.17, 15) is 9.59 Å². The molecule has 0 unspecified atom stereocenters. The number of thiazole rings is 1. The van der Waals surface area contributed by atoms with Crippen LogP contribution in [0.2, 0.25) is 5.02 Å². The number of carbonyl (C=O) groups excluding carboxylic acids is 2. The summed E-state index contributed by atoms with van der Waals surface area (Å²) in [5.41, 5.74) is 1.68. The largest absolute Gasteiger partial charge is 0.465 e. The van der Waals surface area contributed by atoms with Gasteiger partial charge in [0.15, 0.2) is 4.80 Å². The molecule has 0 saturated heterocycles. The Kier molecular flexibility index (Phi) is 6.21. The van der Waals surface area contributed by atoms with Crippen LogP contribution < -0.4 is 4.80 Å². The second kappa shape index (κ2) is 8.79. The molecule has 2 aromatic carbocycles. The van der Waals surface area contributed by atoms with Crippen LogP contribution in [0.3, 0.4) is 0 Å². The lowest BCUT2D eigenvalue weighted by atomic mass is 10.2. The number of benzene rings is 2. The molecule has 0 fully saturated rings. The smallest absolute Gasteiger partial charge is 0.326 e. The van der Waals surface area contributed by atoms with Crippen LogP contribution in [0.5, 0.6) is 0 Å². The third kappa shape index (κ3) is 4.93. The number of fused-ring (bicyclic) bond motifs is 1. The van der Waals surface area contributed by atoms with Crippen molar-refractivity contribution in [3.63, 3.8) is 0 Å². The number of hydrogen-bond acceptors (Lipinski definition) is 4. The van der Waals surface area contributed by atoms with E-state index in [0.29, 0.717) is 16.4 Å². The molecule has 1 amide bonds. The SMILES string of the molecule is CCOC(=O)Cn1c(=NC(=O)C=Cc2ccccc2)sc2cc(Cl)ccc21. The van der Waals surface area contributed by atoms with Crippen molar-refractivity contribution in [1.29, 1.82) is 0 Å². The molecule has 5 nitrogen and oxygen atoms in total. The summed E-state index contributed by atoms with van der Waals surface area (Å²) < 4.78 is 7.54. The summed E-state index contributed by atoms with van der Waals surface area (Å²) in [5, 5.41) is 0.578. The molecule has 1 aromatic heterocycles. The maximum Gasteiger partial charge on any atom is 0.326 e. The minimum absolute atomic E-state index is 0.0238. The number of aromatic nitrogens is 1. The highest BCUT2D eigenvalue weighted by atomic mass is 35.5. The minimum atomic E-state index is -0.408. The van der Waals surface area contributed by atoms with Gasteiger partial charge < -0.3 is 9.30 Å². The lowest BCUT2D eigenvalue weighted by Gasteiger charge is -2.04. The van der Waals surface area contributed by atoms with E-state index in [4.69, 9.17) is 16.3 Å². The highest BCUT2D eigenvalue weighted by Crippen LogP contribution is 2.22. The van der Waals surface area contributed by atoms with Gasteiger partial charge >= 0.3 is 5.97 Å². The van der Waals surface area contributed by atoms with Crippen LogP contribution in [0.25, 0.3) is 16.3 Å². The number of ether oxygens (including phenoxy) is 1. The van der Waals surface area contributed by atoms with Crippen molar-refractivity contribution in [2.75, 3.05) is 6.61 Å². The van der Waals surface area contributed by atoms with Gasteiger partial charge in [0.1, 0.15) is 6.54 Å². The zero-order valence-electron chi connectivity index (χ0n) is 14.6. The van der Waals surface area contributed by atoms with Crippen molar-refractivity contribution < 1.29 is 14.3 Å². The number of amides is 1. The summed E-state index contributed by atoms with van der Waals surface area (Å²) in [5.74, 6) is -0.796. The first-order valence-electron chi connectivity index (χ1n) is 8.33. The summed E-state index contributed by atoms with van der Waals surface area (Å²) in [4.78, 5) is 28.8. The van der Waals surface area contributed by atoms with Gasteiger partial charge in [0.05, 0.1) is 16.8 Å². The van der Waals surface area contributed by atoms with Crippen LogP contribution in [0.4, 0.5) is 0 Å². The average Bonchev–Trinajstić information content (AvgIpc) is 2.97. The van der Waals surface area contributed by atoms with Gasteiger partial charge in [-0.25, -0.2) is 0 Å². The third-order valence-electron chi connectivity index (χ3n) is 3.66. The Morgan fingerprint density at radius 1 is 1.22 bits per heavy atom. The zero-order valence-corrected chi connectivity index (χ0v) is 16.2. The molecule has 138 valence electrons. The topological polar surface area (TPSA) is 60.7 Å². The Balaban J connectivity index is 1.98. The van der Waals surface area contributed by atoms with Crippen molar-refractivity contribution in [3.8, 4) is 0 Å². The van der Waals surface area contributed by atoms with E-state index >= 15 is 0 Å². The highest BCUT2D eigenvalue weighted by molar-refractivity contribution is 7.16. The molecule has 3 rings (SSSR count). The molecule has 27 heavy (non-hydrogen) atoms. The molecule has 3 aromatic rings. The summed E-state index contributed by atoms with van der Waals surface area (Å²) >= 11 is 7.35. The Hall–Kier alpha value is -2.70. The van der Waals surface area contributed by atoms with Crippen LogP contribution in [0.15, 0.2) is 59.6 Å². The average molecular weight is 401 g/mol. The molecular weight excluding hydrogens is 384 g/mol. The summed E-state index contributed by atoms with van der Waals surface area (Å²) in [6.45, 7) is 2.01. The quantitative estimate of drug-likeness (QED) is 0.479. The fourth-order valence-corrected chi connectivity index (χ4v) is 3.79. The first-order chi connectivity index (χ1) is 13.1. The van der Waals surface area contributed by atoms with E-state index < -0.39 is 5.91 Å². The lowest BCUT2D eigenvalue weighted by molar-refractivity contribution is -0.143. The summed E-state index contributed by atoms with van der Waals surface area (Å²) in [7, 11) is 0. The fourth-order valence-electron chi connectivity index (χ4n) is 2.48. The maximum atomic E-state index is 12.3. The van der Waals surface area contributed by atoms with E-state index in [1.54, 1.807) is 35.8 Å². The second-order valence-electron chi connectivity index (χ2n) is 5.58. The van der Waals surface area contributed by atoms with Gasteiger partial charge in [-0.05, 0) is 36.8 Å². The standard InChI is InChI=1S/C20H17ClN2O3S/c1-2-26-19(25)13-23-16-10-9-15(21)12-17(16)27-20(23)22-18(24)11-8-14-6-4-3-5-7-14/h3-12H,2,13H2,1H3. The molecule has 0 N–H and O–H groups in total. The Morgan fingerprint density at radius 2 is 2.00 bits per heavy atom. The van der Waals surface area contributed by atoms with E-state index in [1.165, 1.54) is 17.4 Å². The normalized spacial score (nSPS) is 12.0. The zero-order chi connectivity index (χ0) is 19.2. The molecule has 0 bridgehead atoms. The molecule has 0 spiro atoms. The maximum absolute atomic E-state index is 12.3. The van der Waals surface area contributed by atoms with E-state index in [0.717, 1.165) is 15.8 Å². The minimum Gasteiger partial charge on any atom is -0.465 e. The molecule has 0 aliphatic heterocycles. The van der Waals surface area contributed by atoms with Crippen LogP contribution in [-0.4, -0.2) is 23.1 Å². The van der Waals surface area contributed by atoms with Gasteiger partial charge in [0.2, 0.25) is 0 Å². The predicted octanol–water partition coefficient (Wildman–Crippen LogP) is 4.06. The monoisotopic (exact) mass is 400 g/mol. The molecule has 0 atom stereocenters. The van der Waals surface area contributed by atoms with Crippen molar-refractivity contribution in [2.24, 2.45) is 4.99 Å². The third-order valence-corrected chi connectivity index (χ3v) is 4.94. The molecule has 7 heteroatoms. The van der Waals surface area contributed by atoms with Gasteiger partial charge in [0, 0.05) is 11.1 Å². The Labute approximate surface area is 165 Å². The number of esters is 1. The van der Waals surface area contributed by atoms with Gasteiger partial charge in [-0.15, -0.1) is 0 Å². The number of carbonyl (C=O) groups is 2. The van der Waals surface area contributed by atoms with E-state index in [2.05, 4.69) is 4.99 Å². The van der Waals surface area contributed by atoms with E-state index in [-0.39, 0.29) is 12.5 Å². The van der Waals surface area contributed by atoms with Crippen LogP contribution in [-0.2, 0) is 20.9 Å². The van der Waals surface area contributed by atoms with Crippen LogP contribution >= 0.6 is 22.9 Å². The van der Waals surface area contributed by atoms with Crippen molar-refractivity contribution in [1.82, 2.24) is 4.57 Å². The van der Waals surface area contributed by atoms with E-state index in [1.807, 2.05) is 30.3 Å². The summed E-state index contributed by atoms with van der Waals surface area (Å²) in [6, 6.07) is 14.8. The second-order valence-corrected chi connectivity index (χ2v) is 7.03. The van der Waals surface area contributed by atoms with Crippen LogP contribution in [0.1, 0.15) is 12.5 Å². The van der Waals surface area contributed by atoms with Crippen molar-refractivity contribution in [2.45, 2.75) is 13.5 Å². The first kappa shape index (κ1) is 19.1. The number of halogens is 1. The number of rotatable bonds is 5. The summed E-state index contributed by atoms with van der Waals surface area (Å²) in [6.07, 6.45) is 3.10. The molecule has 0 saturated carbocycles. The Bertz CT molecular complexity index is 1070. The van der Waals surface area contributed by atoms with Crippen LogP contribution in [0, 0.1) is 0 Å². The predicted molar refractivity (Wildman–Crippen MR) is 108 cm³/mol. The molecule has 0 radical (unpaired) electrons. The first-order valence-corrected chi connectivity index (χ1v) is 9.52. The molecule has 0 aliphatic carbocycles. The fraction of sp³-hybridized carbons (Fsp3) is 0.150. The highest BCUT2D eigenvalue weighted by Gasteiger charge is 2.12. The molecular formula is C20H17ClN2O3S. The number of nitrogens with zero attached hydrogens (tertiary/aromatic N) is 2. The van der Waals surface area contributed by atoms with Gasteiger partial charge in [-0.3, -0.25) is 9.59 Å².